The fourth-order valence-electron chi connectivity index (χ4n) is 1.57. The van der Waals surface area contributed by atoms with E-state index in [1.54, 1.807) is 12.1 Å². The fourth-order valence-corrected chi connectivity index (χ4v) is 1.57. The Bertz CT molecular complexity index is 336. The molecule has 0 aliphatic rings. The number of aliphatic hydroxyl groups excluding tert-OH is 1. The van der Waals surface area contributed by atoms with Crippen molar-refractivity contribution < 1.29 is 10.2 Å². The van der Waals surface area contributed by atoms with Gasteiger partial charge in [0.1, 0.15) is 5.75 Å². The molecule has 102 valence electrons. The molecule has 4 heteroatoms. The molecule has 0 atom stereocenters. The number of phenolic OH excluding ortho intramolecular Hbond substituents is 1. The highest BCUT2D eigenvalue weighted by Gasteiger charge is 2.13. The molecule has 0 aromatic heterocycles. The molecule has 1 rings (SSSR count). The third-order valence-electron chi connectivity index (χ3n) is 2.83. The van der Waals surface area contributed by atoms with E-state index in [1.807, 2.05) is 26.0 Å². The SMILES string of the molecule is CC(C)(CO)NCCNCCc1ccc(O)cc1. The van der Waals surface area contributed by atoms with Crippen molar-refractivity contribution in [3.63, 3.8) is 0 Å². The molecule has 0 spiro atoms. The largest absolute Gasteiger partial charge is 0.508 e. The van der Waals surface area contributed by atoms with E-state index in [9.17, 15) is 0 Å². The molecule has 0 unspecified atom stereocenters. The van der Waals surface area contributed by atoms with Gasteiger partial charge in [0.15, 0.2) is 0 Å². The predicted octanol–water partition coefficient (Wildman–Crippen LogP) is 0.885. The Morgan fingerprint density at radius 2 is 1.72 bits per heavy atom. The first kappa shape index (κ1) is 15.0. The molecule has 0 radical (unpaired) electrons. The molecule has 18 heavy (non-hydrogen) atoms. The summed E-state index contributed by atoms with van der Waals surface area (Å²) in [6.45, 7) is 6.71. The summed E-state index contributed by atoms with van der Waals surface area (Å²) in [7, 11) is 0. The van der Waals surface area contributed by atoms with Gasteiger partial charge in [0, 0.05) is 18.6 Å². The third-order valence-corrected chi connectivity index (χ3v) is 2.83. The van der Waals surface area contributed by atoms with E-state index in [0.29, 0.717) is 5.75 Å². The number of hydrogen-bond donors (Lipinski definition) is 4. The molecule has 4 N–H and O–H groups in total. The van der Waals surface area contributed by atoms with Crippen molar-refractivity contribution in [2.75, 3.05) is 26.2 Å². The Hall–Kier alpha value is -1.10. The van der Waals surface area contributed by atoms with Crippen LogP contribution in [0.3, 0.4) is 0 Å². The van der Waals surface area contributed by atoms with Gasteiger partial charge in [-0.1, -0.05) is 12.1 Å². The number of rotatable bonds is 8. The Labute approximate surface area is 109 Å². The lowest BCUT2D eigenvalue weighted by molar-refractivity contribution is 0.189. The molecular weight excluding hydrogens is 228 g/mol. The maximum Gasteiger partial charge on any atom is 0.115 e. The molecule has 0 fully saturated rings. The van der Waals surface area contributed by atoms with E-state index in [1.165, 1.54) is 5.56 Å². The summed E-state index contributed by atoms with van der Waals surface area (Å²) in [4.78, 5) is 0. The van der Waals surface area contributed by atoms with Crippen molar-refractivity contribution in [2.24, 2.45) is 0 Å². The van der Waals surface area contributed by atoms with Crippen LogP contribution in [0, 0.1) is 0 Å². The zero-order valence-corrected chi connectivity index (χ0v) is 11.2. The smallest absolute Gasteiger partial charge is 0.115 e. The molecule has 0 aliphatic carbocycles. The quantitative estimate of drug-likeness (QED) is 0.519. The third kappa shape index (κ3) is 6.00. The maximum atomic E-state index is 9.15. The minimum absolute atomic E-state index is 0.139. The highest BCUT2D eigenvalue weighted by Crippen LogP contribution is 2.09. The van der Waals surface area contributed by atoms with Gasteiger partial charge in [-0.3, -0.25) is 0 Å². The van der Waals surface area contributed by atoms with Crippen LogP contribution < -0.4 is 10.6 Å². The molecule has 0 aliphatic heterocycles. The van der Waals surface area contributed by atoms with Crippen LogP contribution in [-0.4, -0.2) is 42.0 Å². The fraction of sp³-hybridized carbons (Fsp3) is 0.571. The number of benzene rings is 1. The second kappa shape index (κ2) is 7.36. The standard InChI is InChI=1S/C14H24N2O2/c1-14(2,11-17)16-10-9-15-8-7-12-3-5-13(18)6-4-12/h3-6,15-18H,7-11H2,1-2H3. The highest BCUT2D eigenvalue weighted by atomic mass is 16.3. The van der Waals surface area contributed by atoms with Gasteiger partial charge in [0.2, 0.25) is 0 Å². The van der Waals surface area contributed by atoms with E-state index in [4.69, 9.17) is 10.2 Å². The van der Waals surface area contributed by atoms with Gasteiger partial charge >= 0.3 is 0 Å². The summed E-state index contributed by atoms with van der Waals surface area (Å²) in [5.74, 6) is 0.308. The lowest BCUT2D eigenvalue weighted by Crippen LogP contribution is -2.45. The second-order valence-electron chi connectivity index (χ2n) is 5.14. The van der Waals surface area contributed by atoms with E-state index < -0.39 is 0 Å². The molecule has 1 aromatic carbocycles. The lowest BCUT2D eigenvalue weighted by Gasteiger charge is -2.23. The average Bonchev–Trinajstić information content (AvgIpc) is 2.36. The van der Waals surface area contributed by atoms with Crippen LogP contribution in [0.1, 0.15) is 19.4 Å². The van der Waals surface area contributed by atoms with Crippen molar-refractivity contribution in [3.8, 4) is 5.75 Å². The lowest BCUT2D eigenvalue weighted by atomic mass is 10.1. The first-order valence-corrected chi connectivity index (χ1v) is 6.38. The first-order chi connectivity index (χ1) is 8.53. The van der Waals surface area contributed by atoms with Crippen molar-refractivity contribution in [2.45, 2.75) is 25.8 Å². The van der Waals surface area contributed by atoms with Crippen LogP contribution in [0.15, 0.2) is 24.3 Å². The summed E-state index contributed by atoms with van der Waals surface area (Å²) >= 11 is 0. The van der Waals surface area contributed by atoms with Gasteiger partial charge < -0.3 is 20.8 Å². The van der Waals surface area contributed by atoms with Gasteiger partial charge in [-0.15, -0.1) is 0 Å². The van der Waals surface area contributed by atoms with E-state index >= 15 is 0 Å². The van der Waals surface area contributed by atoms with Crippen molar-refractivity contribution in [1.82, 2.24) is 10.6 Å². The van der Waals surface area contributed by atoms with E-state index in [-0.39, 0.29) is 12.1 Å². The minimum Gasteiger partial charge on any atom is -0.508 e. The average molecular weight is 252 g/mol. The van der Waals surface area contributed by atoms with Gasteiger partial charge in [-0.2, -0.15) is 0 Å². The number of nitrogens with one attached hydrogen (secondary N) is 2. The highest BCUT2D eigenvalue weighted by molar-refractivity contribution is 5.25. The van der Waals surface area contributed by atoms with Crippen LogP contribution in [0.25, 0.3) is 0 Å². The number of aliphatic hydroxyl groups is 1. The normalized spacial score (nSPS) is 11.7. The Morgan fingerprint density at radius 1 is 1.06 bits per heavy atom. The van der Waals surface area contributed by atoms with Crippen LogP contribution in [0.4, 0.5) is 0 Å². The number of hydrogen-bond acceptors (Lipinski definition) is 4. The molecule has 0 saturated carbocycles. The number of aromatic hydroxyl groups is 1. The molecule has 4 nitrogen and oxygen atoms in total. The van der Waals surface area contributed by atoms with Gasteiger partial charge in [0.05, 0.1) is 6.61 Å². The van der Waals surface area contributed by atoms with Crippen molar-refractivity contribution in [3.05, 3.63) is 29.8 Å². The Balaban J connectivity index is 2.07. The van der Waals surface area contributed by atoms with Gasteiger partial charge in [-0.25, -0.2) is 0 Å². The van der Waals surface area contributed by atoms with Crippen LogP contribution in [-0.2, 0) is 6.42 Å². The summed E-state index contributed by atoms with van der Waals surface area (Å²) in [5.41, 5.74) is 1.00. The van der Waals surface area contributed by atoms with Crippen molar-refractivity contribution in [1.29, 1.82) is 0 Å². The molecule has 0 saturated heterocycles. The summed E-state index contributed by atoms with van der Waals surface area (Å²) in [6, 6.07) is 7.29. The van der Waals surface area contributed by atoms with Crippen LogP contribution in [0.2, 0.25) is 0 Å². The maximum absolute atomic E-state index is 9.15. The molecule has 0 amide bonds. The Kier molecular flexibility index (Phi) is 6.12. The topological polar surface area (TPSA) is 64.5 Å². The molecular formula is C14H24N2O2. The van der Waals surface area contributed by atoms with Gasteiger partial charge in [0.25, 0.3) is 0 Å². The monoisotopic (exact) mass is 252 g/mol. The molecule has 0 heterocycles. The van der Waals surface area contributed by atoms with Gasteiger partial charge in [-0.05, 0) is 44.5 Å². The predicted molar refractivity (Wildman–Crippen MR) is 73.8 cm³/mol. The summed E-state index contributed by atoms with van der Waals surface area (Å²) in [5, 5.41) is 24.8. The van der Waals surface area contributed by atoms with Crippen LogP contribution in [0.5, 0.6) is 5.75 Å². The summed E-state index contributed by atoms with van der Waals surface area (Å²) < 4.78 is 0. The first-order valence-electron chi connectivity index (χ1n) is 6.38. The Morgan fingerprint density at radius 3 is 2.33 bits per heavy atom. The zero-order valence-electron chi connectivity index (χ0n) is 11.2. The van der Waals surface area contributed by atoms with Crippen molar-refractivity contribution >= 4 is 0 Å². The number of phenols is 1. The minimum atomic E-state index is -0.210. The molecule has 0 bridgehead atoms. The second-order valence-corrected chi connectivity index (χ2v) is 5.14. The molecule has 1 aromatic rings. The zero-order chi connectivity index (χ0) is 13.4. The van der Waals surface area contributed by atoms with Crippen LogP contribution >= 0.6 is 0 Å². The van der Waals surface area contributed by atoms with E-state index in [2.05, 4.69) is 10.6 Å². The van der Waals surface area contributed by atoms with E-state index in [0.717, 1.165) is 26.1 Å². The summed E-state index contributed by atoms with van der Waals surface area (Å²) in [6.07, 6.45) is 0.948.